The van der Waals surface area contributed by atoms with Gasteiger partial charge in [-0.25, -0.2) is 0 Å². The smallest absolute Gasteiger partial charge is 0.371 e. The van der Waals surface area contributed by atoms with Gasteiger partial charge < -0.3 is 4.18 Å². The minimum Gasteiger partial charge on any atom is -0.371 e. The monoisotopic (exact) mass is 267 g/mol. The molecule has 0 aromatic heterocycles. The predicted molar refractivity (Wildman–Crippen MR) is 72.7 cm³/mol. The summed E-state index contributed by atoms with van der Waals surface area (Å²) in [5, 5.41) is 0. The fourth-order valence-electron chi connectivity index (χ4n) is 1.31. The van der Waals surface area contributed by atoms with Crippen molar-refractivity contribution in [2.24, 2.45) is 0 Å². The minimum atomic E-state index is -3.82. The summed E-state index contributed by atoms with van der Waals surface area (Å²) in [7, 11) is -3.82. The molecule has 0 fully saturated rings. The molecule has 0 aliphatic heterocycles. The average Bonchev–Trinajstić information content (AvgIpc) is 2.32. The van der Waals surface area contributed by atoms with Crippen LogP contribution in [0.2, 0.25) is 0 Å². The van der Waals surface area contributed by atoms with Gasteiger partial charge in [0, 0.05) is 13.1 Å². The minimum absolute atomic E-state index is 0.181. The van der Waals surface area contributed by atoms with Gasteiger partial charge in [-0.2, -0.15) is 12.7 Å². The van der Waals surface area contributed by atoms with E-state index in [1.165, 1.54) is 12.2 Å². The van der Waals surface area contributed by atoms with E-state index in [1.54, 1.807) is 24.3 Å². The molecule has 0 atom stereocenters. The molecule has 98 valence electrons. The maximum atomic E-state index is 12.0. The first-order valence-corrected chi connectivity index (χ1v) is 6.84. The summed E-state index contributed by atoms with van der Waals surface area (Å²) in [6.07, 6.45) is 3.00. The van der Waals surface area contributed by atoms with E-state index in [0.29, 0.717) is 5.75 Å². The Bertz CT molecular complexity index is 496. The molecule has 4 nitrogen and oxygen atoms in total. The van der Waals surface area contributed by atoms with Crippen molar-refractivity contribution < 1.29 is 12.6 Å². The Balaban J connectivity index is 2.87. The lowest BCUT2D eigenvalue weighted by molar-refractivity contribution is 0.393. The first-order valence-electron chi connectivity index (χ1n) is 5.47. The standard InChI is InChI=1S/C13H17NO3S/c1-4-10-14(11-5-2)18(15,16)17-13-8-6-12(3)7-9-13/h4-9H,1-2,10-11H2,3H3. The van der Waals surface area contributed by atoms with Crippen molar-refractivity contribution >= 4 is 10.3 Å². The van der Waals surface area contributed by atoms with Crippen LogP contribution in [0, 0.1) is 6.92 Å². The highest BCUT2D eigenvalue weighted by atomic mass is 32.2. The maximum Gasteiger partial charge on any atom is 0.385 e. The molecule has 0 bridgehead atoms. The quantitative estimate of drug-likeness (QED) is 0.712. The lowest BCUT2D eigenvalue weighted by Gasteiger charge is -2.18. The molecule has 0 amide bonds. The fraction of sp³-hybridized carbons (Fsp3) is 0.231. The summed E-state index contributed by atoms with van der Waals surface area (Å²) in [5.74, 6) is 0.290. The van der Waals surface area contributed by atoms with Crippen molar-refractivity contribution in [1.29, 1.82) is 0 Å². The van der Waals surface area contributed by atoms with Gasteiger partial charge in [-0.15, -0.1) is 13.2 Å². The molecule has 0 spiro atoms. The normalized spacial score (nSPS) is 11.2. The van der Waals surface area contributed by atoms with Gasteiger partial charge in [0.25, 0.3) is 0 Å². The number of benzene rings is 1. The molecule has 18 heavy (non-hydrogen) atoms. The zero-order valence-corrected chi connectivity index (χ0v) is 11.2. The molecular formula is C13H17NO3S. The second-order valence-electron chi connectivity index (χ2n) is 3.75. The summed E-state index contributed by atoms with van der Waals surface area (Å²) in [5.41, 5.74) is 1.04. The Kier molecular flexibility index (Phi) is 5.12. The van der Waals surface area contributed by atoms with Gasteiger partial charge in [-0.05, 0) is 19.1 Å². The number of aryl methyl sites for hydroxylation is 1. The van der Waals surface area contributed by atoms with Crippen LogP contribution in [0.4, 0.5) is 0 Å². The van der Waals surface area contributed by atoms with Crippen molar-refractivity contribution in [1.82, 2.24) is 4.31 Å². The SMILES string of the molecule is C=CCN(CC=C)S(=O)(=O)Oc1ccc(C)cc1. The van der Waals surface area contributed by atoms with Crippen LogP contribution in [0.25, 0.3) is 0 Å². The summed E-state index contributed by atoms with van der Waals surface area (Å²) >= 11 is 0. The van der Waals surface area contributed by atoms with E-state index in [9.17, 15) is 8.42 Å². The van der Waals surface area contributed by atoms with Crippen molar-refractivity contribution in [3.63, 3.8) is 0 Å². The van der Waals surface area contributed by atoms with Crippen LogP contribution in [0.1, 0.15) is 5.56 Å². The molecule has 1 rings (SSSR count). The molecule has 1 aromatic carbocycles. The van der Waals surface area contributed by atoms with E-state index >= 15 is 0 Å². The Morgan fingerprint density at radius 1 is 1.17 bits per heavy atom. The highest BCUT2D eigenvalue weighted by Gasteiger charge is 2.21. The van der Waals surface area contributed by atoms with Crippen LogP contribution in [0.3, 0.4) is 0 Å². The van der Waals surface area contributed by atoms with Gasteiger partial charge >= 0.3 is 10.3 Å². The van der Waals surface area contributed by atoms with Crippen LogP contribution in [-0.2, 0) is 10.3 Å². The third-order valence-electron chi connectivity index (χ3n) is 2.20. The van der Waals surface area contributed by atoms with Crippen molar-refractivity contribution in [3.05, 3.63) is 55.1 Å². The summed E-state index contributed by atoms with van der Waals surface area (Å²) in [4.78, 5) is 0. The largest absolute Gasteiger partial charge is 0.385 e. The van der Waals surface area contributed by atoms with Crippen LogP contribution in [0.15, 0.2) is 49.6 Å². The Labute approximate surface area is 108 Å². The van der Waals surface area contributed by atoms with Crippen LogP contribution in [-0.4, -0.2) is 25.8 Å². The number of rotatable bonds is 7. The zero-order valence-electron chi connectivity index (χ0n) is 10.4. The fourth-order valence-corrected chi connectivity index (χ4v) is 2.35. The molecule has 0 radical (unpaired) electrons. The predicted octanol–water partition coefficient (Wildman–Crippen LogP) is 2.29. The summed E-state index contributed by atoms with van der Waals surface area (Å²) in [6.45, 7) is 9.32. The van der Waals surface area contributed by atoms with E-state index in [2.05, 4.69) is 13.2 Å². The number of hydrogen-bond acceptors (Lipinski definition) is 3. The van der Waals surface area contributed by atoms with Gasteiger partial charge in [-0.1, -0.05) is 29.8 Å². The average molecular weight is 267 g/mol. The van der Waals surface area contributed by atoms with Crippen molar-refractivity contribution in [3.8, 4) is 5.75 Å². The van der Waals surface area contributed by atoms with E-state index < -0.39 is 10.3 Å². The highest BCUT2D eigenvalue weighted by Crippen LogP contribution is 2.15. The lowest BCUT2D eigenvalue weighted by Crippen LogP contribution is -2.34. The lowest BCUT2D eigenvalue weighted by atomic mass is 10.2. The molecular weight excluding hydrogens is 250 g/mol. The maximum absolute atomic E-state index is 12.0. The van der Waals surface area contributed by atoms with Crippen LogP contribution >= 0.6 is 0 Å². The Hall–Kier alpha value is -1.59. The molecule has 0 saturated carbocycles. The van der Waals surface area contributed by atoms with Gasteiger partial charge in [0.2, 0.25) is 0 Å². The first-order chi connectivity index (χ1) is 8.49. The van der Waals surface area contributed by atoms with E-state index in [4.69, 9.17) is 4.18 Å². The summed E-state index contributed by atoms with van der Waals surface area (Å²) < 4.78 is 30.1. The zero-order chi connectivity index (χ0) is 13.6. The Morgan fingerprint density at radius 2 is 1.67 bits per heavy atom. The Morgan fingerprint density at radius 3 is 2.11 bits per heavy atom. The van der Waals surface area contributed by atoms with Crippen molar-refractivity contribution in [2.45, 2.75) is 6.92 Å². The third kappa shape index (κ3) is 4.01. The van der Waals surface area contributed by atoms with Crippen molar-refractivity contribution in [2.75, 3.05) is 13.1 Å². The number of hydrogen-bond donors (Lipinski definition) is 0. The van der Waals surface area contributed by atoms with E-state index in [0.717, 1.165) is 9.87 Å². The molecule has 0 heterocycles. The topological polar surface area (TPSA) is 46.6 Å². The molecule has 0 aliphatic rings. The van der Waals surface area contributed by atoms with E-state index in [-0.39, 0.29) is 13.1 Å². The first kappa shape index (κ1) is 14.5. The molecule has 0 N–H and O–H groups in total. The molecule has 0 aliphatic carbocycles. The van der Waals surface area contributed by atoms with Crippen LogP contribution < -0.4 is 4.18 Å². The molecule has 5 heteroatoms. The molecule has 0 saturated heterocycles. The molecule has 0 unspecified atom stereocenters. The van der Waals surface area contributed by atoms with Gasteiger partial charge in [0.1, 0.15) is 5.75 Å². The second-order valence-corrected chi connectivity index (χ2v) is 5.29. The van der Waals surface area contributed by atoms with Gasteiger partial charge in [-0.3, -0.25) is 0 Å². The highest BCUT2D eigenvalue weighted by molar-refractivity contribution is 7.84. The van der Waals surface area contributed by atoms with Gasteiger partial charge in [0.15, 0.2) is 0 Å². The summed E-state index contributed by atoms with van der Waals surface area (Å²) in [6, 6.07) is 6.81. The second kappa shape index (κ2) is 6.37. The number of nitrogens with zero attached hydrogens (tertiary/aromatic N) is 1. The third-order valence-corrected chi connectivity index (χ3v) is 3.54. The van der Waals surface area contributed by atoms with Gasteiger partial charge in [0.05, 0.1) is 0 Å². The van der Waals surface area contributed by atoms with Crippen LogP contribution in [0.5, 0.6) is 5.75 Å². The van der Waals surface area contributed by atoms with E-state index in [1.807, 2.05) is 6.92 Å². The molecule has 1 aromatic rings.